The summed E-state index contributed by atoms with van der Waals surface area (Å²) in [6.07, 6.45) is 0.501. The average Bonchev–Trinajstić information content (AvgIpc) is 2.80. The number of aromatic hydroxyl groups is 1. The molecule has 0 bridgehead atoms. The molecule has 184 valence electrons. The Morgan fingerprint density at radius 1 is 1.17 bits per heavy atom. The summed E-state index contributed by atoms with van der Waals surface area (Å²) in [4.78, 5) is 31.1. The van der Waals surface area contributed by atoms with Gasteiger partial charge in [-0.2, -0.15) is 0 Å². The highest BCUT2D eigenvalue weighted by atomic mass is 35.5. The van der Waals surface area contributed by atoms with Crippen LogP contribution in [0.15, 0.2) is 53.4 Å². The molecule has 1 aromatic heterocycles. The number of pyridine rings is 1. The molecule has 3 rings (SSSR count). The van der Waals surface area contributed by atoms with Crippen molar-refractivity contribution in [1.29, 1.82) is 0 Å². The summed E-state index contributed by atoms with van der Waals surface area (Å²) in [5.41, 5.74) is 2.32. The van der Waals surface area contributed by atoms with Gasteiger partial charge in [0.2, 0.25) is 5.88 Å². The van der Waals surface area contributed by atoms with Crippen LogP contribution in [0.1, 0.15) is 58.3 Å². The van der Waals surface area contributed by atoms with Crippen molar-refractivity contribution in [3.05, 3.63) is 81.5 Å². The molecule has 1 unspecified atom stereocenters. The average molecular weight is 514 g/mol. The van der Waals surface area contributed by atoms with E-state index in [1.165, 1.54) is 24.1 Å². The number of anilines is 1. The fourth-order valence-electron chi connectivity index (χ4n) is 3.48. The van der Waals surface area contributed by atoms with Crippen molar-refractivity contribution in [2.75, 3.05) is 11.8 Å². The molecule has 35 heavy (non-hydrogen) atoms. The predicted molar refractivity (Wildman–Crippen MR) is 138 cm³/mol. The van der Waals surface area contributed by atoms with E-state index in [1.807, 2.05) is 12.1 Å². The number of nitrogens with zero attached hydrogens (tertiary/aromatic N) is 2. The minimum Gasteiger partial charge on any atom is -0.588 e. The van der Waals surface area contributed by atoms with E-state index in [0.717, 1.165) is 5.56 Å². The number of hydrogen-bond donors (Lipinski definition) is 2. The van der Waals surface area contributed by atoms with Gasteiger partial charge in [0, 0.05) is 23.9 Å². The third-order valence-corrected chi connectivity index (χ3v) is 6.95. The highest BCUT2D eigenvalue weighted by molar-refractivity contribution is 7.92. The number of aldehydes is 1. The maximum atomic E-state index is 13.4. The summed E-state index contributed by atoms with van der Waals surface area (Å²) < 4.78 is 15.9. The first kappa shape index (κ1) is 26.5. The summed E-state index contributed by atoms with van der Waals surface area (Å²) >= 11 is 4.51. The zero-order chi connectivity index (χ0) is 25.9. The maximum Gasteiger partial charge on any atom is 0.256 e. The van der Waals surface area contributed by atoms with Gasteiger partial charge in [-0.05, 0) is 48.2 Å². The SMILES string of the molecule is Cc1ccc(CN(C)C(=O)c2c(N[S+]([O-])c3ccc(C(C)(C)C)cc3)ccc(Cl)c2C=O)c(O)n1. The first-order chi connectivity index (χ1) is 16.4. The van der Waals surface area contributed by atoms with Crippen LogP contribution in [0.25, 0.3) is 0 Å². The third kappa shape index (κ3) is 6.14. The summed E-state index contributed by atoms with van der Waals surface area (Å²) in [7, 11) is 1.53. The molecule has 2 aromatic carbocycles. The standard InChI is InChI=1S/C26H28ClN3O4S/c1-16-6-7-17(24(32)28-16)14-30(5)25(33)23-20(15-31)21(27)12-13-22(23)29-35(34)19-10-8-18(9-11-19)26(2,3)4/h6-13,15,29H,14H2,1-5H3,(H,28,32). The smallest absolute Gasteiger partial charge is 0.256 e. The molecule has 0 saturated heterocycles. The van der Waals surface area contributed by atoms with Gasteiger partial charge in [-0.3, -0.25) is 9.59 Å². The number of halogens is 1. The number of rotatable bonds is 7. The van der Waals surface area contributed by atoms with Crippen molar-refractivity contribution in [2.45, 2.75) is 44.6 Å². The van der Waals surface area contributed by atoms with E-state index in [4.69, 9.17) is 11.6 Å². The molecule has 0 saturated carbocycles. The Kier molecular flexibility index (Phi) is 8.10. The summed E-state index contributed by atoms with van der Waals surface area (Å²) in [5.74, 6) is -0.707. The van der Waals surface area contributed by atoms with Gasteiger partial charge in [0.15, 0.2) is 11.2 Å². The van der Waals surface area contributed by atoms with Gasteiger partial charge in [-0.15, -0.1) is 0 Å². The molecule has 1 atom stereocenters. The highest BCUT2D eigenvalue weighted by Gasteiger charge is 2.26. The number of hydrogen-bond acceptors (Lipinski definition) is 6. The third-order valence-electron chi connectivity index (χ3n) is 5.51. The summed E-state index contributed by atoms with van der Waals surface area (Å²) in [5, 5.41) is 10.2. The molecular formula is C26H28ClN3O4S. The van der Waals surface area contributed by atoms with Crippen molar-refractivity contribution in [3.63, 3.8) is 0 Å². The molecule has 1 amide bonds. The van der Waals surface area contributed by atoms with E-state index >= 15 is 0 Å². The molecule has 0 aliphatic heterocycles. The molecule has 0 spiro atoms. The van der Waals surface area contributed by atoms with E-state index < -0.39 is 17.3 Å². The number of aromatic nitrogens is 1. The maximum absolute atomic E-state index is 13.4. The lowest BCUT2D eigenvalue weighted by Gasteiger charge is -2.22. The largest absolute Gasteiger partial charge is 0.588 e. The Morgan fingerprint density at radius 3 is 2.40 bits per heavy atom. The van der Waals surface area contributed by atoms with Crippen LogP contribution in [0.3, 0.4) is 0 Å². The van der Waals surface area contributed by atoms with Crippen molar-refractivity contribution in [3.8, 4) is 5.88 Å². The first-order valence-electron chi connectivity index (χ1n) is 10.9. The van der Waals surface area contributed by atoms with Gasteiger partial charge in [0.05, 0.1) is 22.8 Å². The molecular weight excluding hydrogens is 486 g/mol. The van der Waals surface area contributed by atoms with Crippen molar-refractivity contribution in [1.82, 2.24) is 9.88 Å². The molecule has 0 fully saturated rings. The lowest BCUT2D eigenvalue weighted by atomic mass is 9.87. The lowest BCUT2D eigenvalue weighted by molar-refractivity contribution is 0.0782. The summed E-state index contributed by atoms with van der Waals surface area (Å²) in [6.45, 7) is 8.06. The molecule has 0 aliphatic rings. The normalized spacial score (nSPS) is 12.2. The molecule has 1 heterocycles. The molecule has 7 nitrogen and oxygen atoms in total. The molecule has 0 radical (unpaired) electrons. The number of nitrogens with one attached hydrogen (secondary N) is 1. The van der Waals surface area contributed by atoms with E-state index in [-0.39, 0.29) is 39.7 Å². The minimum absolute atomic E-state index is 0.00535. The Labute approximate surface area is 213 Å². The van der Waals surface area contributed by atoms with Crippen LogP contribution in [-0.2, 0) is 23.3 Å². The van der Waals surface area contributed by atoms with Crippen LogP contribution >= 0.6 is 11.6 Å². The Morgan fingerprint density at radius 2 is 1.83 bits per heavy atom. The van der Waals surface area contributed by atoms with Gasteiger partial charge in [-0.1, -0.05) is 50.6 Å². The van der Waals surface area contributed by atoms with Crippen LogP contribution in [0.4, 0.5) is 5.69 Å². The monoisotopic (exact) mass is 513 g/mol. The number of amides is 1. The minimum atomic E-state index is -1.70. The fourth-order valence-corrected chi connectivity index (χ4v) is 4.55. The van der Waals surface area contributed by atoms with E-state index in [0.29, 0.717) is 22.4 Å². The molecule has 0 aliphatic carbocycles. The molecule has 3 aromatic rings. The Hall–Kier alpha value is -3.07. The van der Waals surface area contributed by atoms with Crippen LogP contribution < -0.4 is 4.72 Å². The van der Waals surface area contributed by atoms with Gasteiger partial charge < -0.3 is 14.6 Å². The zero-order valence-corrected chi connectivity index (χ0v) is 21.8. The van der Waals surface area contributed by atoms with Crippen LogP contribution in [0.2, 0.25) is 5.02 Å². The van der Waals surface area contributed by atoms with Gasteiger partial charge >= 0.3 is 0 Å². The van der Waals surface area contributed by atoms with Crippen LogP contribution in [-0.4, -0.2) is 38.8 Å². The van der Waals surface area contributed by atoms with Gasteiger partial charge in [0.1, 0.15) is 11.4 Å². The van der Waals surface area contributed by atoms with Gasteiger partial charge in [0.25, 0.3) is 5.91 Å². The number of carbonyl (C=O) groups excluding carboxylic acids is 2. The zero-order valence-electron chi connectivity index (χ0n) is 20.3. The second kappa shape index (κ2) is 10.7. The number of aryl methyl sites for hydroxylation is 1. The fraction of sp³-hybridized carbons (Fsp3) is 0.269. The summed E-state index contributed by atoms with van der Waals surface area (Å²) in [6, 6.07) is 13.7. The molecule has 9 heteroatoms. The van der Waals surface area contributed by atoms with Crippen molar-refractivity contribution >= 4 is 40.8 Å². The second-order valence-corrected chi connectivity index (χ2v) is 10.9. The van der Waals surface area contributed by atoms with Crippen LogP contribution in [0, 0.1) is 6.92 Å². The molecule has 2 N–H and O–H groups in total. The lowest BCUT2D eigenvalue weighted by Crippen LogP contribution is -2.29. The van der Waals surface area contributed by atoms with E-state index in [1.54, 1.807) is 31.2 Å². The topological polar surface area (TPSA) is 106 Å². The van der Waals surface area contributed by atoms with E-state index in [2.05, 4.69) is 30.5 Å². The Bertz CT molecular complexity index is 1240. The van der Waals surface area contributed by atoms with Crippen molar-refractivity contribution < 1.29 is 19.2 Å². The Balaban J connectivity index is 1.92. The van der Waals surface area contributed by atoms with E-state index in [9.17, 15) is 19.2 Å². The first-order valence-corrected chi connectivity index (χ1v) is 12.4. The number of benzene rings is 2. The van der Waals surface area contributed by atoms with Crippen LogP contribution in [0.5, 0.6) is 5.88 Å². The van der Waals surface area contributed by atoms with Gasteiger partial charge in [-0.25, -0.2) is 9.71 Å². The van der Waals surface area contributed by atoms with Crippen molar-refractivity contribution in [2.24, 2.45) is 0 Å². The second-order valence-electron chi connectivity index (χ2n) is 9.24. The predicted octanol–water partition coefficient (Wildman–Crippen LogP) is 5.27. The quantitative estimate of drug-likeness (QED) is 0.329. The number of carbonyl (C=O) groups is 2. The highest BCUT2D eigenvalue weighted by Crippen LogP contribution is 2.30.